The van der Waals surface area contributed by atoms with E-state index in [9.17, 15) is 14.4 Å². The number of likely N-dealkylation sites (tertiary alicyclic amines) is 1. The number of piperidine rings is 1. The highest BCUT2D eigenvalue weighted by molar-refractivity contribution is 5.89. The number of amides is 2. The molecule has 366 valence electrons. The molecule has 1 aliphatic heterocycles. The largest absolute Gasteiger partial charge is 0.493 e. The standard InChI is InChI=1S/C49H70N2O15/c1-8-39(37-32-44(58-5)47(60-7)45(33-37)59-6)48(53)51-20-10-9-14-40(51)49(54)66-41(17-15-35-16-18-42(56-3)43(30-35)57-4)36-12-11-13-38(31-36)65-34-46(52)50-19-21-61-24-25-63-28-29-64-27-26-62-23-22-55-2/h11-13,16,18,30-33,39-41H,8-10,14-15,17,19-29,34H2,1-7H3,(H,50,52)/t39-,40-,41?/m0/s1. The molecule has 1 fully saturated rings. The smallest absolute Gasteiger partial charge is 0.329 e. The molecule has 2 amide bonds. The lowest BCUT2D eigenvalue weighted by atomic mass is 9.91. The fourth-order valence-electron chi connectivity index (χ4n) is 7.51. The summed E-state index contributed by atoms with van der Waals surface area (Å²) in [6, 6.07) is 15.6. The average Bonchev–Trinajstić information content (AvgIpc) is 3.35. The van der Waals surface area contributed by atoms with Gasteiger partial charge in [0.2, 0.25) is 11.7 Å². The Kier molecular flexibility index (Phi) is 24.3. The number of benzene rings is 3. The van der Waals surface area contributed by atoms with Crippen LogP contribution in [0.4, 0.5) is 0 Å². The number of methoxy groups -OCH3 is 6. The lowest BCUT2D eigenvalue weighted by molar-refractivity contribution is -0.162. The van der Waals surface area contributed by atoms with Crippen molar-refractivity contribution in [1.29, 1.82) is 0 Å². The first-order valence-electron chi connectivity index (χ1n) is 22.5. The topological polar surface area (TPSA) is 177 Å². The van der Waals surface area contributed by atoms with E-state index in [2.05, 4.69) is 5.32 Å². The van der Waals surface area contributed by atoms with Crippen LogP contribution < -0.4 is 33.7 Å². The van der Waals surface area contributed by atoms with Crippen LogP contribution in [0, 0.1) is 0 Å². The second kappa shape index (κ2) is 30.1. The van der Waals surface area contributed by atoms with Crippen LogP contribution in [0.5, 0.6) is 34.5 Å². The number of carbonyl (C=O) groups excluding carboxylic acids is 3. The van der Waals surface area contributed by atoms with Crippen LogP contribution in [0.3, 0.4) is 0 Å². The highest BCUT2D eigenvalue weighted by atomic mass is 16.6. The predicted molar refractivity (Wildman–Crippen MR) is 245 cm³/mol. The molecule has 3 aromatic carbocycles. The Hall–Kier alpha value is -5.33. The van der Waals surface area contributed by atoms with Crippen LogP contribution in [0.2, 0.25) is 0 Å². The van der Waals surface area contributed by atoms with Crippen LogP contribution in [0.1, 0.15) is 67.7 Å². The third-order valence-corrected chi connectivity index (χ3v) is 11.0. The van der Waals surface area contributed by atoms with E-state index in [0.29, 0.717) is 144 Å². The van der Waals surface area contributed by atoms with Gasteiger partial charge in [0.1, 0.15) is 17.9 Å². The minimum Gasteiger partial charge on any atom is -0.493 e. The Morgan fingerprint density at radius 3 is 1.92 bits per heavy atom. The second-order valence-corrected chi connectivity index (χ2v) is 15.3. The number of nitrogens with one attached hydrogen (secondary N) is 1. The van der Waals surface area contributed by atoms with Crippen molar-refractivity contribution < 1.29 is 71.2 Å². The van der Waals surface area contributed by atoms with E-state index in [0.717, 1.165) is 18.4 Å². The molecule has 0 spiro atoms. The van der Waals surface area contributed by atoms with Crippen molar-refractivity contribution in [3.63, 3.8) is 0 Å². The monoisotopic (exact) mass is 926 g/mol. The molecule has 1 N–H and O–H groups in total. The molecule has 1 heterocycles. The van der Waals surface area contributed by atoms with Crippen molar-refractivity contribution in [2.75, 3.05) is 122 Å². The van der Waals surface area contributed by atoms with Gasteiger partial charge in [0.05, 0.1) is 101 Å². The first-order chi connectivity index (χ1) is 32.2. The fourth-order valence-corrected chi connectivity index (χ4v) is 7.51. The summed E-state index contributed by atoms with van der Waals surface area (Å²) in [6.07, 6.45) is 2.64. The maximum Gasteiger partial charge on any atom is 0.329 e. The summed E-state index contributed by atoms with van der Waals surface area (Å²) in [4.78, 5) is 43.2. The summed E-state index contributed by atoms with van der Waals surface area (Å²) in [5.41, 5.74) is 2.31. The highest BCUT2D eigenvalue weighted by Crippen LogP contribution is 2.41. The number of rotatable bonds is 32. The molecule has 0 saturated carbocycles. The van der Waals surface area contributed by atoms with E-state index in [-0.39, 0.29) is 18.4 Å². The van der Waals surface area contributed by atoms with Gasteiger partial charge in [0.15, 0.2) is 29.6 Å². The van der Waals surface area contributed by atoms with Gasteiger partial charge in [0, 0.05) is 20.2 Å². The van der Waals surface area contributed by atoms with E-state index in [1.807, 2.05) is 31.2 Å². The second-order valence-electron chi connectivity index (χ2n) is 15.3. The van der Waals surface area contributed by atoms with Crippen molar-refractivity contribution in [3.8, 4) is 34.5 Å². The molecule has 3 atom stereocenters. The molecule has 3 aromatic rings. The van der Waals surface area contributed by atoms with E-state index in [1.54, 1.807) is 56.6 Å². The zero-order chi connectivity index (χ0) is 47.5. The Morgan fingerprint density at radius 1 is 0.682 bits per heavy atom. The van der Waals surface area contributed by atoms with Gasteiger partial charge in [-0.3, -0.25) is 9.59 Å². The first kappa shape index (κ1) is 53.3. The molecular formula is C49H70N2O15. The predicted octanol–water partition coefficient (Wildman–Crippen LogP) is 5.73. The van der Waals surface area contributed by atoms with Crippen molar-refractivity contribution >= 4 is 17.8 Å². The minimum atomic E-state index is -0.799. The Morgan fingerprint density at radius 2 is 1.32 bits per heavy atom. The average molecular weight is 927 g/mol. The number of nitrogens with zero attached hydrogens (tertiary/aromatic N) is 1. The molecule has 1 aliphatic rings. The number of carbonyl (C=O) groups is 3. The first-order valence-corrected chi connectivity index (χ1v) is 22.5. The number of ether oxygens (including phenoxy) is 12. The summed E-state index contributed by atoms with van der Waals surface area (Å²) in [5.74, 6) is 1.34. The summed E-state index contributed by atoms with van der Waals surface area (Å²) < 4.78 is 66.8. The summed E-state index contributed by atoms with van der Waals surface area (Å²) >= 11 is 0. The Bertz CT molecular complexity index is 1890. The molecule has 66 heavy (non-hydrogen) atoms. The molecule has 1 unspecified atom stereocenters. The van der Waals surface area contributed by atoms with Crippen LogP contribution >= 0.6 is 0 Å². The Balaban J connectivity index is 1.38. The molecule has 0 aromatic heterocycles. The van der Waals surface area contributed by atoms with E-state index < -0.39 is 24.0 Å². The summed E-state index contributed by atoms with van der Waals surface area (Å²) in [6.45, 7) is 6.47. The SMILES string of the molecule is CC[C@H](C(=O)N1CCCC[C@H]1C(=O)OC(CCc1ccc(OC)c(OC)c1)c1cccc(OCC(=O)NCCOCCOCCOCCOCCOC)c1)c1cc(OC)c(OC)c(OC)c1. The lowest BCUT2D eigenvalue weighted by Crippen LogP contribution is -2.50. The summed E-state index contributed by atoms with van der Waals surface area (Å²) in [5, 5.41) is 2.80. The molecule has 0 bridgehead atoms. The molecule has 1 saturated heterocycles. The van der Waals surface area contributed by atoms with E-state index in [1.165, 1.54) is 21.3 Å². The van der Waals surface area contributed by atoms with E-state index >= 15 is 0 Å². The van der Waals surface area contributed by atoms with Gasteiger partial charge in [-0.25, -0.2) is 4.79 Å². The van der Waals surface area contributed by atoms with Gasteiger partial charge in [-0.2, -0.15) is 0 Å². The van der Waals surface area contributed by atoms with Crippen LogP contribution in [0.15, 0.2) is 54.6 Å². The molecule has 4 rings (SSSR count). The fraction of sp³-hybridized carbons (Fsp3) is 0.571. The van der Waals surface area contributed by atoms with Gasteiger partial charge in [-0.05, 0) is 91.6 Å². The lowest BCUT2D eigenvalue weighted by Gasteiger charge is -2.37. The van der Waals surface area contributed by atoms with Crippen LogP contribution in [-0.4, -0.2) is 151 Å². The molecule has 0 radical (unpaired) electrons. The van der Waals surface area contributed by atoms with Crippen LogP contribution in [-0.2, 0) is 49.2 Å². The van der Waals surface area contributed by atoms with Crippen molar-refractivity contribution in [1.82, 2.24) is 10.2 Å². The number of hydrogen-bond donors (Lipinski definition) is 1. The normalized spacial score (nSPS) is 14.5. The summed E-state index contributed by atoms with van der Waals surface area (Å²) in [7, 11) is 9.37. The van der Waals surface area contributed by atoms with Gasteiger partial charge >= 0.3 is 5.97 Å². The third-order valence-electron chi connectivity index (χ3n) is 11.0. The van der Waals surface area contributed by atoms with Gasteiger partial charge in [-0.1, -0.05) is 25.1 Å². The van der Waals surface area contributed by atoms with Crippen molar-refractivity contribution in [2.45, 2.75) is 63.5 Å². The van der Waals surface area contributed by atoms with Gasteiger partial charge in [0.25, 0.3) is 5.91 Å². The zero-order valence-corrected chi connectivity index (χ0v) is 39.7. The highest BCUT2D eigenvalue weighted by Gasteiger charge is 2.38. The maximum atomic E-state index is 14.5. The van der Waals surface area contributed by atoms with Crippen molar-refractivity contribution in [3.05, 3.63) is 71.3 Å². The van der Waals surface area contributed by atoms with Crippen molar-refractivity contribution in [2.24, 2.45) is 0 Å². The zero-order valence-electron chi connectivity index (χ0n) is 39.7. The number of aryl methyl sites for hydroxylation is 1. The molecule has 17 heteroatoms. The van der Waals surface area contributed by atoms with Gasteiger partial charge < -0.3 is 67.1 Å². The van der Waals surface area contributed by atoms with Crippen LogP contribution in [0.25, 0.3) is 0 Å². The third kappa shape index (κ3) is 16.8. The number of esters is 1. The number of hydrogen-bond acceptors (Lipinski definition) is 15. The molecule has 0 aliphatic carbocycles. The Labute approximate surface area is 389 Å². The quantitative estimate of drug-likeness (QED) is 0.0593. The molecular weight excluding hydrogens is 857 g/mol. The molecule has 17 nitrogen and oxygen atoms in total. The van der Waals surface area contributed by atoms with Gasteiger partial charge in [-0.15, -0.1) is 0 Å². The van der Waals surface area contributed by atoms with E-state index in [4.69, 9.17) is 56.8 Å². The minimum absolute atomic E-state index is 0.182. The maximum absolute atomic E-state index is 14.5.